The van der Waals surface area contributed by atoms with Gasteiger partial charge < -0.3 is 5.32 Å². The third-order valence-electron chi connectivity index (χ3n) is 5.53. The average molecular weight is 525 g/mol. The maximum atomic E-state index is 12.8. The number of carbonyl (C=O) groups excluding carboxylic acids is 1. The lowest BCUT2D eigenvalue weighted by Crippen LogP contribution is -2.38. The minimum Gasteiger partial charge on any atom is -0.305 e. The highest BCUT2D eigenvalue weighted by molar-refractivity contribution is 7.89. The van der Waals surface area contributed by atoms with Crippen molar-refractivity contribution in [2.45, 2.75) is 45.5 Å². The molecule has 4 heterocycles. The van der Waals surface area contributed by atoms with Crippen molar-refractivity contribution in [2.24, 2.45) is 0 Å². The number of nitrogens with zero attached hydrogens (tertiary/aromatic N) is 7. The Morgan fingerprint density at radius 1 is 1.22 bits per heavy atom. The molecule has 0 fully saturated rings. The van der Waals surface area contributed by atoms with Gasteiger partial charge in [0.1, 0.15) is 17.2 Å². The number of aromatic nitrogens is 6. The summed E-state index contributed by atoms with van der Waals surface area (Å²) in [5, 5.41) is 14.2. The third kappa shape index (κ3) is 5.84. The Kier molecular flexibility index (Phi) is 7.04. The molecule has 1 aliphatic heterocycles. The average Bonchev–Trinajstić information content (AvgIpc) is 3.32. The van der Waals surface area contributed by atoms with Crippen molar-refractivity contribution in [3.05, 3.63) is 47.3 Å². The molecule has 0 saturated carbocycles. The van der Waals surface area contributed by atoms with Gasteiger partial charge in [0.15, 0.2) is 0 Å². The van der Waals surface area contributed by atoms with E-state index in [-0.39, 0.29) is 37.1 Å². The van der Waals surface area contributed by atoms with Gasteiger partial charge in [0.25, 0.3) is 5.91 Å². The standard InChI is InChI=1S/C21H23F3N8O3S/c1-13(2)32-19(28-29-30-32)16-4-3-5-18(26-16)27-20(33)17-10-15-12-31(8-6-14(15)11-25-17)36(34,35)9-7-21(22,23)24/h3-5,10-11,13H,6-9,12H2,1-2H3,(H,26,27,33). The van der Waals surface area contributed by atoms with Crippen LogP contribution >= 0.6 is 0 Å². The van der Waals surface area contributed by atoms with Gasteiger partial charge in [-0.1, -0.05) is 6.07 Å². The van der Waals surface area contributed by atoms with Crippen molar-refractivity contribution < 1.29 is 26.4 Å². The van der Waals surface area contributed by atoms with Crippen molar-refractivity contribution >= 4 is 21.7 Å². The summed E-state index contributed by atoms with van der Waals surface area (Å²) in [6.07, 6.45) is -4.23. The molecule has 11 nitrogen and oxygen atoms in total. The second-order valence-corrected chi connectivity index (χ2v) is 10.6. The second kappa shape index (κ2) is 9.89. The number of rotatable bonds is 7. The highest BCUT2D eigenvalue weighted by Crippen LogP contribution is 2.25. The first-order chi connectivity index (χ1) is 16.9. The molecule has 15 heteroatoms. The Balaban J connectivity index is 1.49. The summed E-state index contributed by atoms with van der Waals surface area (Å²) in [6, 6.07) is 6.40. The third-order valence-corrected chi connectivity index (χ3v) is 7.35. The van der Waals surface area contributed by atoms with E-state index >= 15 is 0 Å². The van der Waals surface area contributed by atoms with E-state index < -0.39 is 34.3 Å². The van der Waals surface area contributed by atoms with Gasteiger partial charge >= 0.3 is 6.18 Å². The molecule has 192 valence electrons. The fourth-order valence-corrected chi connectivity index (χ4v) is 5.12. The van der Waals surface area contributed by atoms with Gasteiger partial charge in [-0.05, 0) is 60.0 Å². The summed E-state index contributed by atoms with van der Waals surface area (Å²) < 4.78 is 65.0. The highest BCUT2D eigenvalue weighted by Gasteiger charge is 2.34. The molecule has 4 rings (SSSR count). The zero-order valence-electron chi connectivity index (χ0n) is 19.4. The van der Waals surface area contributed by atoms with Crippen molar-refractivity contribution in [1.29, 1.82) is 0 Å². The van der Waals surface area contributed by atoms with Crippen LogP contribution in [0.15, 0.2) is 30.5 Å². The molecule has 0 aliphatic carbocycles. The van der Waals surface area contributed by atoms with Gasteiger partial charge in [0.2, 0.25) is 15.8 Å². The quantitative estimate of drug-likeness (QED) is 0.498. The number of carbonyl (C=O) groups is 1. The maximum absolute atomic E-state index is 12.8. The zero-order chi connectivity index (χ0) is 26.1. The molecular weight excluding hydrogens is 501 g/mol. The number of halogens is 3. The fraction of sp³-hybridized carbons (Fsp3) is 0.429. The van der Waals surface area contributed by atoms with E-state index in [1.54, 1.807) is 22.9 Å². The lowest BCUT2D eigenvalue weighted by atomic mass is 10.0. The normalized spacial score (nSPS) is 14.6. The fourth-order valence-electron chi connectivity index (χ4n) is 3.67. The molecule has 36 heavy (non-hydrogen) atoms. The minimum absolute atomic E-state index is 0.00779. The van der Waals surface area contributed by atoms with Gasteiger partial charge in [0.05, 0.1) is 18.2 Å². The monoisotopic (exact) mass is 524 g/mol. The maximum Gasteiger partial charge on any atom is 0.390 e. The number of sulfonamides is 1. The molecule has 1 amide bonds. The summed E-state index contributed by atoms with van der Waals surface area (Å²) in [5.41, 5.74) is 1.70. The van der Waals surface area contributed by atoms with Crippen LogP contribution in [0.1, 0.15) is 47.9 Å². The lowest BCUT2D eigenvalue weighted by Gasteiger charge is -2.28. The van der Waals surface area contributed by atoms with Crippen LogP contribution in [-0.4, -0.2) is 67.3 Å². The van der Waals surface area contributed by atoms with Crippen LogP contribution in [0.5, 0.6) is 0 Å². The van der Waals surface area contributed by atoms with Crippen molar-refractivity contribution in [1.82, 2.24) is 34.5 Å². The van der Waals surface area contributed by atoms with Crippen LogP contribution in [0.4, 0.5) is 19.0 Å². The molecule has 1 aliphatic rings. The Morgan fingerprint density at radius 3 is 2.72 bits per heavy atom. The van der Waals surface area contributed by atoms with Crippen molar-refractivity contribution in [3.63, 3.8) is 0 Å². The minimum atomic E-state index is -4.57. The smallest absolute Gasteiger partial charge is 0.305 e. The summed E-state index contributed by atoms with van der Waals surface area (Å²) in [4.78, 5) is 21.4. The van der Waals surface area contributed by atoms with Gasteiger partial charge in [-0.25, -0.2) is 18.1 Å². The van der Waals surface area contributed by atoms with Gasteiger partial charge in [-0.3, -0.25) is 9.78 Å². The van der Waals surface area contributed by atoms with E-state index in [1.807, 2.05) is 13.8 Å². The molecule has 0 bridgehead atoms. The second-order valence-electron chi connectivity index (χ2n) is 8.51. The number of alkyl halides is 3. The zero-order valence-corrected chi connectivity index (χ0v) is 20.2. The Bertz CT molecular complexity index is 1370. The van der Waals surface area contributed by atoms with Crippen molar-refractivity contribution in [3.8, 4) is 11.5 Å². The largest absolute Gasteiger partial charge is 0.390 e. The number of tetrazole rings is 1. The van der Waals surface area contributed by atoms with E-state index in [1.165, 1.54) is 12.3 Å². The van der Waals surface area contributed by atoms with E-state index in [0.717, 1.165) is 9.87 Å². The molecule has 1 N–H and O–H groups in total. The molecule has 0 saturated heterocycles. The molecule has 0 atom stereocenters. The first-order valence-corrected chi connectivity index (χ1v) is 12.6. The number of fused-ring (bicyclic) bond motifs is 1. The summed E-state index contributed by atoms with van der Waals surface area (Å²) in [6.45, 7) is 3.74. The van der Waals surface area contributed by atoms with Gasteiger partial charge in [-0.2, -0.15) is 17.5 Å². The Labute approximate surface area is 204 Å². The first kappa shape index (κ1) is 25.6. The molecule has 0 unspecified atom stereocenters. The van der Waals surface area contributed by atoms with E-state index in [4.69, 9.17) is 0 Å². The number of pyridine rings is 2. The SMILES string of the molecule is CC(C)n1nnnc1-c1cccc(NC(=O)c2cc3c(cn2)CCN(S(=O)(=O)CCC(F)(F)F)C3)n1. The van der Waals surface area contributed by atoms with Gasteiger partial charge in [0, 0.05) is 19.3 Å². The number of hydrogen-bond acceptors (Lipinski definition) is 8. The van der Waals surface area contributed by atoms with Crippen LogP contribution < -0.4 is 5.32 Å². The topological polar surface area (TPSA) is 136 Å². The van der Waals surface area contributed by atoms with Crippen molar-refractivity contribution in [2.75, 3.05) is 17.6 Å². The predicted molar refractivity (Wildman–Crippen MR) is 122 cm³/mol. The van der Waals surface area contributed by atoms with E-state index in [9.17, 15) is 26.4 Å². The lowest BCUT2D eigenvalue weighted by molar-refractivity contribution is -0.130. The molecule has 0 radical (unpaired) electrons. The summed E-state index contributed by atoms with van der Waals surface area (Å²) in [7, 11) is -4.11. The van der Waals surface area contributed by atoms with Crippen LogP contribution in [0, 0.1) is 0 Å². The molecule has 3 aromatic rings. The first-order valence-electron chi connectivity index (χ1n) is 11.0. The molecular formula is C21H23F3N8O3S. The van der Waals surface area contributed by atoms with Crippen LogP contribution in [0.25, 0.3) is 11.5 Å². The van der Waals surface area contributed by atoms with Crippen LogP contribution in [-0.2, 0) is 23.0 Å². The highest BCUT2D eigenvalue weighted by atomic mass is 32.2. The summed E-state index contributed by atoms with van der Waals surface area (Å²) in [5.74, 6) is -0.943. The Morgan fingerprint density at radius 2 is 2.00 bits per heavy atom. The number of hydrogen-bond donors (Lipinski definition) is 1. The molecule has 3 aromatic heterocycles. The predicted octanol–water partition coefficient (Wildman–Crippen LogP) is 2.60. The molecule has 0 aromatic carbocycles. The Hall–Kier alpha value is -3.46. The number of anilines is 1. The van der Waals surface area contributed by atoms with Crippen LogP contribution in [0.3, 0.4) is 0 Å². The van der Waals surface area contributed by atoms with E-state index in [2.05, 4.69) is 30.8 Å². The van der Waals surface area contributed by atoms with Crippen LogP contribution in [0.2, 0.25) is 0 Å². The van der Waals surface area contributed by atoms with E-state index in [0.29, 0.717) is 17.1 Å². The number of amides is 1. The van der Waals surface area contributed by atoms with Gasteiger partial charge in [-0.15, -0.1) is 5.10 Å². The summed E-state index contributed by atoms with van der Waals surface area (Å²) >= 11 is 0. The molecule has 0 spiro atoms. The number of nitrogens with one attached hydrogen (secondary N) is 1.